The molecule has 0 radical (unpaired) electrons. The molecular formula is C18H18ClFN2O4. The Kier molecular flexibility index (Phi) is 6.80. The first kappa shape index (κ1) is 19.5. The number of carbonyl (C=O) groups excluding carboxylic acids is 2. The van der Waals surface area contributed by atoms with Crippen molar-refractivity contribution in [1.29, 1.82) is 0 Å². The minimum atomic E-state index is -0.476. The maximum atomic E-state index is 13.0. The smallest absolute Gasteiger partial charge is 0.343 e. The second-order valence-corrected chi connectivity index (χ2v) is 5.77. The van der Waals surface area contributed by atoms with Crippen LogP contribution in [0.2, 0.25) is 5.02 Å². The minimum Gasteiger partial charge on any atom is -0.482 e. The average molecular weight is 381 g/mol. The molecule has 138 valence electrons. The number of aryl methyl sites for hydroxylation is 1. The molecule has 2 aromatic carbocycles. The van der Waals surface area contributed by atoms with Crippen molar-refractivity contribution in [1.82, 2.24) is 0 Å². The van der Waals surface area contributed by atoms with E-state index < -0.39 is 11.8 Å². The van der Waals surface area contributed by atoms with Crippen molar-refractivity contribution in [3.8, 4) is 5.75 Å². The van der Waals surface area contributed by atoms with Gasteiger partial charge in [-0.25, -0.2) is 9.18 Å². The highest BCUT2D eigenvalue weighted by Gasteiger charge is 2.08. The van der Waals surface area contributed by atoms with Crippen LogP contribution >= 0.6 is 11.6 Å². The van der Waals surface area contributed by atoms with Crippen molar-refractivity contribution < 1.29 is 23.5 Å². The van der Waals surface area contributed by atoms with Gasteiger partial charge in [-0.2, -0.15) is 0 Å². The Hall–Kier alpha value is -2.80. The van der Waals surface area contributed by atoms with Crippen LogP contribution in [0, 0.1) is 12.7 Å². The Morgan fingerprint density at radius 3 is 2.54 bits per heavy atom. The van der Waals surface area contributed by atoms with Gasteiger partial charge in [0, 0.05) is 5.69 Å². The molecule has 0 aromatic heterocycles. The molecule has 2 rings (SSSR count). The Morgan fingerprint density at radius 1 is 1.15 bits per heavy atom. The molecule has 0 fully saturated rings. The Morgan fingerprint density at radius 2 is 1.88 bits per heavy atom. The van der Waals surface area contributed by atoms with E-state index in [1.165, 1.54) is 19.2 Å². The summed E-state index contributed by atoms with van der Waals surface area (Å²) in [5.41, 5.74) is 1.90. The van der Waals surface area contributed by atoms with Gasteiger partial charge in [-0.15, -0.1) is 0 Å². The summed E-state index contributed by atoms with van der Waals surface area (Å²) in [6.07, 6.45) is 0. The van der Waals surface area contributed by atoms with Crippen LogP contribution in [0.5, 0.6) is 5.75 Å². The van der Waals surface area contributed by atoms with Gasteiger partial charge < -0.3 is 20.1 Å². The van der Waals surface area contributed by atoms with Gasteiger partial charge in [0.2, 0.25) is 5.91 Å². The summed E-state index contributed by atoms with van der Waals surface area (Å²) in [6, 6.07) is 8.88. The fourth-order valence-corrected chi connectivity index (χ4v) is 2.30. The summed E-state index contributed by atoms with van der Waals surface area (Å²) >= 11 is 5.87. The van der Waals surface area contributed by atoms with Crippen molar-refractivity contribution in [2.45, 2.75) is 6.92 Å². The molecule has 0 saturated heterocycles. The van der Waals surface area contributed by atoms with E-state index in [1.807, 2.05) is 6.92 Å². The number of carbonyl (C=O) groups is 2. The maximum Gasteiger partial charge on any atom is 0.343 e. The third-order valence-corrected chi connectivity index (χ3v) is 3.74. The van der Waals surface area contributed by atoms with Gasteiger partial charge in [0.05, 0.1) is 24.4 Å². The van der Waals surface area contributed by atoms with Crippen LogP contribution in [0.4, 0.5) is 15.8 Å². The normalized spacial score (nSPS) is 10.2. The van der Waals surface area contributed by atoms with Crippen LogP contribution < -0.4 is 15.4 Å². The van der Waals surface area contributed by atoms with Gasteiger partial charge in [0.15, 0.2) is 6.61 Å². The summed E-state index contributed by atoms with van der Waals surface area (Å²) in [7, 11) is 1.29. The summed E-state index contributed by atoms with van der Waals surface area (Å²) < 4.78 is 22.8. The number of benzene rings is 2. The van der Waals surface area contributed by atoms with Crippen LogP contribution in [-0.4, -0.2) is 32.1 Å². The van der Waals surface area contributed by atoms with Crippen LogP contribution in [0.3, 0.4) is 0 Å². The molecule has 0 heterocycles. The Bertz CT molecular complexity index is 814. The number of hydrogen-bond donors (Lipinski definition) is 2. The molecule has 0 aliphatic heterocycles. The van der Waals surface area contributed by atoms with E-state index in [1.54, 1.807) is 18.2 Å². The second-order valence-electron chi connectivity index (χ2n) is 5.37. The number of methoxy groups -OCH3 is 1. The van der Waals surface area contributed by atoms with E-state index >= 15 is 0 Å². The van der Waals surface area contributed by atoms with E-state index in [9.17, 15) is 14.0 Å². The lowest BCUT2D eigenvalue weighted by atomic mass is 10.2. The first-order valence-electron chi connectivity index (χ1n) is 7.68. The van der Waals surface area contributed by atoms with Crippen molar-refractivity contribution in [3.63, 3.8) is 0 Å². The molecule has 2 aromatic rings. The SMILES string of the molecule is COC(=O)COc1ccc(NCC(=O)Nc2ccc(F)cc2Cl)c(C)c1. The van der Waals surface area contributed by atoms with Gasteiger partial charge in [-0.05, 0) is 48.9 Å². The maximum absolute atomic E-state index is 13.0. The highest BCUT2D eigenvalue weighted by atomic mass is 35.5. The standard InChI is InChI=1S/C18H18ClFN2O4/c1-11-7-13(26-10-18(24)25-2)4-6-15(11)21-9-17(23)22-16-5-3-12(20)8-14(16)19/h3-8,21H,9-10H2,1-2H3,(H,22,23). The number of anilines is 2. The van der Waals surface area contributed by atoms with E-state index in [0.29, 0.717) is 11.4 Å². The van der Waals surface area contributed by atoms with Crippen molar-refractivity contribution >= 4 is 34.9 Å². The molecule has 1 amide bonds. The fraction of sp³-hybridized carbons (Fsp3) is 0.222. The van der Waals surface area contributed by atoms with Crippen LogP contribution in [0.25, 0.3) is 0 Å². The molecule has 8 heteroatoms. The van der Waals surface area contributed by atoms with Gasteiger partial charge in [-0.3, -0.25) is 4.79 Å². The number of ether oxygens (including phenoxy) is 2. The van der Waals surface area contributed by atoms with Crippen molar-refractivity contribution in [3.05, 3.63) is 52.8 Å². The lowest BCUT2D eigenvalue weighted by Crippen LogP contribution is -2.22. The number of nitrogens with one attached hydrogen (secondary N) is 2. The number of rotatable bonds is 7. The summed E-state index contributed by atoms with van der Waals surface area (Å²) in [6.45, 7) is 1.66. The van der Waals surface area contributed by atoms with Gasteiger partial charge in [-0.1, -0.05) is 11.6 Å². The molecular weight excluding hydrogens is 363 g/mol. The van der Waals surface area contributed by atoms with E-state index in [0.717, 1.165) is 17.3 Å². The van der Waals surface area contributed by atoms with E-state index in [-0.39, 0.29) is 24.1 Å². The van der Waals surface area contributed by atoms with Gasteiger partial charge >= 0.3 is 5.97 Å². The lowest BCUT2D eigenvalue weighted by Gasteiger charge is -2.12. The lowest BCUT2D eigenvalue weighted by molar-refractivity contribution is -0.142. The zero-order valence-corrected chi connectivity index (χ0v) is 15.0. The number of hydrogen-bond acceptors (Lipinski definition) is 5. The molecule has 0 unspecified atom stereocenters. The highest BCUT2D eigenvalue weighted by Crippen LogP contribution is 2.23. The van der Waals surface area contributed by atoms with E-state index in [2.05, 4.69) is 15.4 Å². The first-order valence-corrected chi connectivity index (χ1v) is 8.06. The number of amides is 1. The van der Waals surface area contributed by atoms with Crippen molar-refractivity contribution in [2.75, 3.05) is 30.9 Å². The molecule has 0 aliphatic rings. The zero-order valence-electron chi connectivity index (χ0n) is 14.3. The highest BCUT2D eigenvalue weighted by molar-refractivity contribution is 6.33. The van der Waals surface area contributed by atoms with Gasteiger partial charge in [0.25, 0.3) is 0 Å². The average Bonchev–Trinajstić information content (AvgIpc) is 2.61. The van der Waals surface area contributed by atoms with Gasteiger partial charge in [0.1, 0.15) is 11.6 Å². The predicted octanol–water partition coefficient (Wildman–Crippen LogP) is 3.39. The molecule has 6 nitrogen and oxygen atoms in total. The Balaban J connectivity index is 1.90. The molecule has 0 spiro atoms. The minimum absolute atomic E-state index is 0.00307. The predicted molar refractivity (Wildman–Crippen MR) is 97.2 cm³/mol. The largest absolute Gasteiger partial charge is 0.482 e. The summed E-state index contributed by atoms with van der Waals surface area (Å²) in [5.74, 6) is -0.762. The summed E-state index contributed by atoms with van der Waals surface area (Å²) in [4.78, 5) is 23.1. The number of esters is 1. The first-order chi connectivity index (χ1) is 12.4. The molecule has 0 bridgehead atoms. The van der Waals surface area contributed by atoms with Crippen molar-refractivity contribution in [2.24, 2.45) is 0 Å². The third-order valence-electron chi connectivity index (χ3n) is 3.43. The van der Waals surface area contributed by atoms with Crippen LogP contribution in [-0.2, 0) is 14.3 Å². The second kappa shape index (κ2) is 9.05. The monoisotopic (exact) mass is 380 g/mol. The quantitative estimate of drug-likeness (QED) is 0.720. The molecule has 26 heavy (non-hydrogen) atoms. The number of halogens is 2. The summed E-state index contributed by atoms with van der Waals surface area (Å²) in [5, 5.41) is 5.72. The topological polar surface area (TPSA) is 76.7 Å². The van der Waals surface area contributed by atoms with Crippen LogP contribution in [0.15, 0.2) is 36.4 Å². The zero-order chi connectivity index (χ0) is 19.1. The Labute approximate surface area is 155 Å². The molecule has 0 atom stereocenters. The molecule has 0 aliphatic carbocycles. The third kappa shape index (κ3) is 5.63. The van der Waals surface area contributed by atoms with E-state index in [4.69, 9.17) is 16.3 Å². The van der Waals surface area contributed by atoms with Crippen LogP contribution in [0.1, 0.15) is 5.56 Å². The molecule has 2 N–H and O–H groups in total. The fourth-order valence-electron chi connectivity index (χ4n) is 2.09. The molecule has 0 saturated carbocycles.